The summed E-state index contributed by atoms with van der Waals surface area (Å²) in [6, 6.07) is 16.5. The topological polar surface area (TPSA) is 80.5 Å². The van der Waals surface area contributed by atoms with Gasteiger partial charge >= 0.3 is 0 Å². The summed E-state index contributed by atoms with van der Waals surface area (Å²) in [7, 11) is 0. The molecule has 1 saturated heterocycles. The summed E-state index contributed by atoms with van der Waals surface area (Å²) in [5.74, 6) is -0.483. The van der Waals surface area contributed by atoms with E-state index in [0.29, 0.717) is 31.1 Å². The zero-order valence-electron chi connectivity index (χ0n) is 17.0. The van der Waals surface area contributed by atoms with Gasteiger partial charge in [-0.3, -0.25) is 24.6 Å². The number of amides is 2. The average Bonchev–Trinajstić information content (AvgIpc) is 3.06. The van der Waals surface area contributed by atoms with Crippen molar-refractivity contribution >= 4 is 81.2 Å². The van der Waals surface area contributed by atoms with Gasteiger partial charge in [-0.15, -0.1) is 0 Å². The van der Waals surface area contributed by atoms with E-state index in [4.69, 9.17) is 34.8 Å². The van der Waals surface area contributed by atoms with Gasteiger partial charge in [0.05, 0.1) is 31.3 Å². The summed E-state index contributed by atoms with van der Waals surface area (Å²) in [5.41, 5.74) is 0.980. The molecule has 1 fully saturated rings. The van der Waals surface area contributed by atoms with Crippen molar-refractivity contribution < 1.29 is 14.5 Å². The van der Waals surface area contributed by atoms with Gasteiger partial charge in [-0.1, -0.05) is 58.7 Å². The Hall–Kier alpha value is -2.49. The minimum Gasteiger partial charge on any atom is -0.268 e. The van der Waals surface area contributed by atoms with Gasteiger partial charge in [0.2, 0.25) is 0 Å². The molecule has 0 aliphatic carbocycles. The molecule has 0 aromatic heterocycles. The molecule has 0 N–H and O–H groups in total. The molecule has 4 rings (SSSR count). The number of carbonyl (C=O) groups excluding carboxylic acids is 2. The van der Waals surface area contributed by atoms with Gasteiger partial charge in [0.15, 0.2) is 0 Å². The van der Waals surface area contributed by atoms with Crippen molar-refractivity contribution in [2.24, 2.45) is 0 Å². The Morgan fingerprint density at radius 3 is 2.38 bits per heavy atom. The number of thioether (sulfide) groups is 1. The SMILES string of the molecule is O=C1SC(=Cc2ccc(Sc3ccc(Cl)cc3)c([N+](=O)[O-])c2)C(=O)N1Cc1ccc(Cl)c(Cl)c1. The molecule has 0 bridgehead atoms. The number of nitro groups is 1. The van der Waals surface area contributed by atoms with Gasteiger partial charge < -0.3 is 0 Å². The number of rotatable bonds is 6. The number of hydrogen-bond donors (Lipinski definition) is 0. The highest BCUT2D eigenvalue weighted by Gasteiger charge is 2.35. The summed E-state index contributed by atoms with van der Waals surface area (Å²) in [6.07, 6.45) is 1.48. The second-order valence-corrected chi connectivity index (χ2v) is 10.4. The van der Waals surface area contributed by atoms with Crippen molar-refractivity contribution in [3.8, 4) is 0 Å². The number of nitro benzene ring substituents is 1. The summed E-state index contributed by atoms with van der Waals surface area (Å²) < 4.78 is 0. The lowest BCUT2D eigenvalue weighted by atomic mass is 10.1. The van der Waals surface area contributed by atoms with E-state index in [1.54, 1.807) is 54.6 Å². The van der Waals surface area contributed by atoms with Crippen molar-refractivity contribution in [3.05, 3.63) is 102 Å². The maximum Gasteiger partial charge on any atom is 0.293 e. The van der Waals surface area contributed by atoms with E-state index >= 15 is 0 Å². The molecule has 2 amide bonds. The second kappa shape index (κ2) is 10.4. The molecule has 0 unspecified atom stereocenters. The number of benzene rings is 3. The number of hydrogen-bond acceptors (Lipinski definition) is 6. The van der Waals surface area contributed by atoms with Gasteiger partial charge in [-0.25, -0.2) is 0 Å². The monoisotopic (exact) mass is 550 g/mol. The van der Waals surface area contributed by atoms with Crippen LogP contribution in [0.15, 0.2) is 75.4 Å². The number of halogens is 3. The standard InChI is InChI=1S/C23H13Cl3N2O4S2/c24-15-3-5-16(6-4-15)33-20-8-2-13(10-19(20)28(31)32)11-21-22(29)27(23(30)34-21)12-14-1-7-17(25)18(26)9-14/h1-11H,12H2. The first kappa shape index (κ1) is 24.6. The molecule has 3 aromatic carbocycles. The van der Waals surface area contributed by atoms with E-state index in [1.165, 1.54) is 23.9 Å². The molecular weight excluding hydrogens is 539 g/mol. The minimum atomic E-state index is -0.483. The van der Waals surface area contributed by atoms with Crippen LogP contribution < -0.4 is 0 Å². The Morgan fingerprint density at radius 2 is 1.71 bits per heavy atom. The molecule has 6 nitrogen and oxygen atoms in total. The van der Waals surface area contributed by atoms with E-state index < -0.39 is 16.1 Å². The summed E-state index contributed by atoms with van der Waals surface area (Å²) in [4.78, 5) is 39.0. The summed E-state index contributed by atoms with van der Waals surface area (Å²) >= 11 is 19.8. The average molecular weight is 552 g/mol. The molecule has 34 heavy (non-hydrogen) atoms. The zero-order chi connectivity index (χ0) is 24.4. The van der Waals surface area contributed by atoms with E-state index in [2.05, 4.69) is 0 Å². The maximum atomic E-state index is 12.8. The van der Waals surface area contributed by atoms with Gasteiger partial charge in [0.25, 0.3) is 16.8 Å². The molecular formula is C23H13Cl3N2O4S2. The van der Waals surface area contributed by atoms with E-state index in [-0.39, 0.29) is 17.1 Å². The van der Waals surface area contributed by atoms with Crippen molar-refractivity contribution in [3.63, 3.8) is 0 Å². The number of imide groups is 1. The Balaban J connectivity index is 1.56. The summed E-state index contributed by atoms with van der Waals surface area (Å²) in [5, 5.41) is 12.5. The maximum absolute atomic E-state index is 12.8. The third-order valence-electron chi connectivity index (χ3n) is 4.72. The van der Waals surface area contributed by atoms with E-state index in [9.17, 15) is 19.7 Å². The molecule has 172 valence electrons. The lowest BCUT2D eigenvalue weighted by molar-refractivity contribution is -0.387. The largest absolute Gasteiger partial charge is 0.293 e. The first-order valence-corrected chi connectivity index (χ1v) is 12.4. The molecule has 1 aliphatic heterocycles. The second-order valence-electron chi connectivity index (χ2n) is 7.06. The summed E-state index contributed by atoms with van der Waals surface area (Å²) in [6.45, 7) is 0.0374. The van der Waals surface area contributed by atoms with Crippen molar-refractivity contribution in [2.75, 3.05) is 0 Å². The highest BCUT2D eigenvalue weighted by Crippen LogP contribution is 2.38. The quantitative estimate of drug-likeness (QED) is 0.176. The number of nitrogens with zero attached hydrogens (tertiary/aromatic N) is 2. The first-order chi connectivity index (χ1) is 16.2. The molecule has 11 heteroatoms. The third kappa shape index (κ3) is 5.59. The van der Waals surface area contributed by atoms with Crippen LogP contribution in [0.2, 0.25) is 15.1 Å². The molecule has 3 aromatic rings. The van der Waals surface area contributed by atoms with Crippen molar-refractivity contribution in [1.82, 2.24) is 4.90 Å². The fourth-order valence-corrected chi connectivity index (χ4v) is 5.28. The van der Waals surface area contributed by atoms with Crippen LogP contribution in [0, 0.1) is 10.1 Å². The van der Waals surface area contributed by atoms with Crippen LogP contribution in [-0.4, -0.2) is 21.0 Å². The van der Waals surface area contributed by atoms with Gasteiger partial charge in [0, 0.05) is 16.0 Å². The molecule has 0 spiro atoms. The van der Waals surface area contributed by atoms with Crippen LogP contribution >= 0.6 is 58.3 Å². The van der Waals surface area contributed by atoms with Crippen LogP contribution in [0.1, 0.15) is 11.1 Å². The predicted molar refractivity (Wildman–Crippen MR) is 137 cm³/mol. The lowest BCUT2D eigenvalue weighted by Gasteiger charge is -2.12. The Morgan fingerprint density at radius 1 is 0.971 bits per heavy atom. The Kier molecular flexibility index (Phi) is 7.54. The highest BCUT2D eigenvalue weighted by atomic mass is 35.5. The Bertz CT molecular complexity index is 1350. The van der Waals surface area contributed by atoms with Crippen LogP contribution in [0.4, 0.5) is 10.5 Å². The zero-order valence-corrected chi connectivity index (χ0v) is 20.9. The van der Waals surface area contributed by atoms with Gasteiger partial charge in [-0.2, -0.15) is 0 Å². The van der Waals surface area contributed by atoms with Gasteiger partial charge in [-0.05, 0) is 71.4 Å². The molecule has 0 saturated carbocycles. The third-order valence-corrected chi connectivity index (χ3v) is 7.69. The smallest absolute Gasteiger partial charge is 0.268 e. The fraction of sp³-hybridized carbons (Fsp3) is 0.0435. The minimum absolute atomic E-state index is 0.0374. The molecule has 0 radical (unpaired) electrons. The van der Waals surface area contributed by atoms with Crippen LogP contribution in [0.3, 0.4) is 0 Å². The van der Waals surface area contributed by atoms with Crippen LogP contribution in [0.5, 0.6) is 0 Å². The first-order valence-electron chi connectivity index (χ1n) is 9.62. The fourth-order valence-electron chi connectivity index (χ4n) is 3.09. The normalized spacial score (nSPS) is 14.8. The molecule has 1 heterocycles. The lowest BCUT2D eigenvalue weighted by Crippen LogP contribution is -2.27. The van der Waals surface area contributed by atoms with Crippen molar-refractivity contribution in [2.45, 2.75) is 16.3 Å². The number of carbonyl (C=O) groups is 2. The van der Waals surface area contributed by atoms with E-state index in [0.717, 1.165) is 21.6 Å². The van der Waals surface area contributed by atoms with Crippen LogP contribution in [0.25, 0.3) is 6.08 Å². The Labute approximate surface area is 218 Å². The molecule has 1 aliphatic rings. The van der Waals surface area contributed by atoms with Crippen LogP contribution in [-0.2, 0) is 11.3 Å². The van der Waals surface area contributed by atoms with Crippen molar-refractivity contribution in [1.29, 1.82) is 0 Å². The van der Waals surface area contributed by atoms with E-state index in [1.807, 2.05) is 0 Å². The highest BCUT2D eigenvalue weighted by molar-refractivity contribution is 8.18. The van der Waals surface area contributed by atoms with Gasteiger partial charge in [0.1, 0.15) is 0 Å². The molecule has 0 atom stereocenters. The predicted octanol–water partition coefficient (Wildman–Crippen LogP) is 7.94.